The summed E-state index contributed by atoms with van der Waals surface area (Å²) < 4.78 is 0. The first-order valence-electron chi connectivity index (χ1n) is 9.28. The van der Waals surface area contributed by atoms with E-state index in [0.29, 0.717) is 21.6 Å². The number of carbonyl (C=O) groups is 1. The topological polar surface area (TPSA) is 58.1 Å². The zero-order valence-corrected chi connectivity index (χ0v) is 17.9. The Morgan fingerprint density at radius 1 is 1.19 bits per heavy atom. The predicted molar refractivity (Wildman–Crippen MR) is 114 cm³/mol. The summed E-state index contributed by atoms with van der Waals surface area (Å²) in [7, 11) is 0. The van der Waals surface area contributed by atoms with Crippen LogP contribution in [0.4, 0.5) is 5.82 Å². The van der Waals surface area contributed by atoms with Gasteiger partial charge < -0.3 is 10.2 Å². The van der Waals surface area contributed by atoms with Gasteiger partial charge in [0.25, 0.3) is 5.91 Å². The summed E-state index contributed by atoms with van der Waals surface area (Å²) in [6.07, 6.45) is 0.912. The molecule has 1 unspecified atom stereocenters. The van der Waals surface area contributed by atoms with Gasteiger partial charge in [0.05, 0.1) is 0 Å². The molecule has 0 aliphatic rings. The van der Waals surface area contributed by atoms with Crippen LogP contribution in [0.5, 0.6) is 0 Å². The predicted octanol–water partition coefficient (Wildman–Crippen LogP) is 4.80. The Labute approximate surface area is 170 Å². The third-order valence-electron chi connectivity index (χ3n) is 4.32. The molecule has 0 fully saturated rings. The van der Waals surface area contributed by atoms with Crippen molar-refractivity contribution < 1.29 is 4.79 Å². The number of hydrogen-bond donors (Lipinski definition) is 1. The molecule has 0 saturated heterocycles. The molecule has 27 heavy (non-hydrogen) atoms. The Balaban J connectivity index is 2.01. The third kappa shape index (κ3) is 6.40. The SMILES string of the molecule is CCC(C)NC(=O)c1ccc(CSc2nc(Cl)cc(N(CC)CC)n2)cc1. The summed E-state index contributed by atoms with van der Waals surface area (Å²) in [6.45, 7) is 9.97. The molecular formula is C20H27ClN4OS. The minimum atomic E-state index is -0.0365. The fraction of sp³-hybridized carbons (Fsp3) is 0.450. The van der Waals surface area contributed by atoms with Crippen molar-refractivity contribution in [3.8, 4) is 0 Å². The van der Waals surface area contributed by atoms with E-state index in [1.165, 1.54) is 11.8 Å². The van der Waals surface area contributed by atoms with Crippen molar-refractivity contribution in [3.05, 3.63) is 46.6 Å². The molecule has 0 radical (unpaired) electrons. The summed E-state index contributed by atoms with van der Waals surface area (Å²) in [5.41, 5.74) is 1.78. The van der Waals surface area contributed by atoms with Gasteiger partial charge in [0, 0.05) is 36.5 Å². The number of halogens is 1. The second-order valence-electron chi connectivity index (χ2n) is 6.27. The van der Waals surface area contributed by atoms with Gasteiger partial charge in [0.2, 0.25) is 0 Å². The Hall–Kier alpha value is -1.79. The minimum absolute atomic E-state index is 0.0365. The lowest BCUT2D eigenvalue weighted by molar-refractivity contribution is 0.0939. The zero-order valence-electron chi connectivity index (χ0n) is 16.3. The van der Waals surface area contributed by atoms with Gasteiger partial charge in [-0.15, -0.1) is 0 Å². The first kappa shape index (κ1) is 21.5. The Kier molecular flexibility index (Phi) is 8.38. The molecule has 7 heteroatoms. The highest BCUT2D eigenvalue weighted by atomic mass is 35.5. The van der Waals surface area contributed by atoms with Crippen LogP contribution in [0.15, 0.2) is 35.5 Å². The van der Waals surface area contributed by atoms with Crippen molar-refractivity contribution in [3.63, 3.8) is 0 Å². The molecule has 2 aromatic rings. The molecule has 1 aromatic heterocycles. The van der Waals surface area contributed by atoms with E-state index in [0.717, 1.165) is 30.9 Å². The van der Waals surface area contributed by atoms with Crippen LogP contribution in [0.1, 0.15) is 50.0 Å². The van der Waals surface area contributed by atoms with Gasteiger partial charge in [-0.2, -0.15) is 0 Å². The summed E-state index contributed by atoms with van der Waals surface area (Å²) in [5.74, 6) is 1.52. The monoisotopic (exact) mass is 406 g/mol. The number of carbonyl (C=O) groups excluding carboxylic acids is 1. The number of benzene rings is 1. The van der Waals surface area contributed by atoms with Crippen molar-refractivity contribution in [1.29, 1.82) is 0 Å². The van der Waals surface area contributed by atoms with Crippen molar-refractivity contribution in [2.24, 2.45) is 0 Å². The molecule has 146 valence electrons. The number of rotatable bonds is 9. The van der Waals surface area contributed by atoms with Gasteiger partial charge in [-0.25, -0.2) is 9.97 Å². The molecule has 0 aliphatic heterocycles. The second-order valence-corrected chi connectivity index (χ2v) is 7.60. The number of aromatic nitrogens is 2. The summed E-state index contributed by atoms with van der Waals surface area (Å²) in [4.78, 5) is 23.2. The number of amides is 1. The standard InChI is InChI=1S/C20H27ClN4OS/c1-5-14(4)22-19(26)16-10-8-15(9-11-16)13-27-20-23-17(21)12-18(24-20)25(6-2)7-3/h8-12,14H,5-7,13H2,1-4H3,(H,22,26). The van der Waals surface area contributed by atoms with Crippen LogP contribution < -0.4 is 10.2 Å². The molecule has 5 nitrogen and oxygen atoms in total. The van der Waals surface area contributed by atoms with Gasteiger partial charge >= 0.3 is 0 Å². The number of anilines is 1. The number of thioether (sulfide) groups is 1. The van der Waals surface area contributed by atoms with Gasteiger partial charge in [-0.1, -0.05) is 42.4 Å². The highest BCUT2D eigenvalue weighted by Gasteiger charge is 2.10. The maximum absolute atomic E-state index is 12.1. The van der Waals surface area contributed by atoms with Gasteiger partial charge in [-0.05, 0) is 44.9 Å². The smallest absolute Gasteiger partial charge is 0.251 e. The average molecular weight is 407 g/mol. The molecule has 1 atom stereocenters. The normalized spacial score (nSPS) is 11.9. The van der Waals surface area contributed by atoms with E-state index >= 15 is 0 Å². The van der Waals surface area contributed by atoms with E-state index < -0.39 is 0 Å². The van der Waals surface area contributed by atoms with E-state index in [2.05, 4.69) is 41.0 Å². The first-order valence-corrected chi connectivity index (χ1v) is 10.6. The van der Waals surface area contributed by atoms with E-state index in [1.807, 2.05) is 31.2 Å². The molecule has 0 spiro atoms. The van der Waals surface area contributed by atoms with E-state index in [4.69, 9.17) is 11.6 Å². The maximum Gasteiger partial charge on any atom is 0.251 e. The minimum Gasteiger partial charge on any atom is -0.357 e. The van der Waals surface area contributed by atoms with Crippen LogP contribution >= 0.6 is 23.4 Å². The number of nitrogens with one attached hydrogen (secondary N) is 1. The lowest BCUT2D eigenvalue weighted by Gasteiger charge is -2.20. The maximum atomic E-state index is 12.1. The molecule has 2 rings (SSSR count). The van der Waals surface area contributed by atoms with Crippen molar-refractivity contribution in [1.82, 2.24) is 15.3 Å². The summed E-state index contributed by atoms with van der Waals surface area (Å²) in [6, 6.07) is 9.61. The molecule has 1 heterocycles. The Bertz CT molecular complexity index is 750. The molecule has 0 saturated carbocycles. The molecule has 1 amide bonds. The second kappa shape index (κ2) is 10.5. The van der Waals surface area contributed by atoms with Crippen LogP contribution in [0.2, 0.25) is 5.15 Å². The fourth-order valence-electron chi connectivity index (χ4n) is 2.47. The largest absolute Gasteiger partial charge is 0.357 e. The average Bonchev–Trinajstić information content (AvgIpc) is 2.67. The van der Waals surface area contributed by atoms with Crippen molar-refractivity contribution >= 4 is 35.1 Å². The first-order chi connectivity index (χ1) is 13.0. The zero-order chi connectivity index (χ0) is 19.8. The third-order valence-corrected chi connectivity index (χ3v) is 5.43. The van der Waals surface area contributed by atoms with Crippen molar-refractivity contribution in [2.75, 3.05) is 18.0 Å². The van der Waals surface area contributed by atoms with Gasteiger partial charge in [0.1, 0.15) is 11.0 Å². The molecule has 0 aliphatic carbocycles. The van der Waals surface area contributed by atoms with Gasteiger partial charge in [0.15, 0.2) is 5.16 Å². The fourth-order valence-corrected chi connectivity index (χ4v) is 3.51. The van der Waals surface area contributed by atoms with E-state index in [-0.39, 0.29) is 11.9 Å². The molecule has 1 N–H and O–H groups in total. The lowest BCUT2D eigenvalue weighted by atomic mass is 10.1. The van der Waals surface area contributed by atoms with Crippen LogP contribution in [0.25, 0.3) is 0 Å². The van der Waals surface area contributed by atoms with E-state index in [9.17, 15) is 4.79 Å². The van der Waals surface area contributed by atoms with Crippen LogP contribution in [-0.2, 0) is 5.75 Å². The summed E-state index contributed by atoms with van der Waals surface area (Å²) in [5, 5.41) is 4.08. The lowest BCUT2D eigenvalue weighted by Crippen LogP contribution is -2.31. The molecule has 0 bridgehead atoms. The highest BCUT2D eigenvalue weighted by molar-refractivity contribution is 7.98. The summed E-state index contributed by atoms with van der Waals surface area (Å²) >= 11 is 7.70. The van der Waals surface area contributed by atoms with Crippen LogP contribution in [0, 0.1) is 0 Å². The van der Waals surface area contributed by atoms with Crippen molar-refractivity contribution in [2.45, 2.75) is 51.1 Å². The molecule has 1 aromatic carbocycles. The van der Waals surface area contributed by atoms with E-state index in [1.54, 1.807) is 6.07 Å². The Morgan fingerprint density at radius 3 is 2.44 bits per heavy atom. The molecular weight excluding hydrogens is 380 g/mol. The Morgan fingerprint density at radius 2 is 1.85 bits per heavy atom. The highest BCUT2D eigenvalue weighted by Crippen LogP contribution is 2.24. The van der Waals surface area contributed by atoms with Crippen LogP contribution in [0.3, 0.4) is 0 Å². The van der Waals surface area contributed by atoms with Crippen LogP contribution in [-0.4, -0.2) is 35.0 Å². The quantitative estimate of drug-likeness (QED) is 0.368. The van der Waals surface area contributed by atoms with Gasteiger partial charge in [-0.3, -0.25) is 4.79 Å². The number of hydrogen-bond acceptors (Lipinski definition) is 5. The number of nitrogens with zero attached hydrogens (tertiary/aromatic N) is 3.